The fourth-order valence-electron chi connectivity index (χ4n) is 3.22. The van der Waals surface area contributed by atoms with Crippen LogP contribution in [0.15, 0.2) is 48.5 Å². The zero-order valence-electron chi connectivity index (χ0n) is 16.6. The number of nitro groups is 1. The van der Waals surface area contributed by atoms with Crippen molar-refractivity contribution in [3.63, 3.8) is 0 Å². The number of hydrogen-bond donors (Lipinski definition) is 0. The minimum atomic E-state index is -0.993. The lowest BCUT2D eigenvalue weighted by Gasteiger charge is -2.34. The van der Waals surface area contributed by atoms with Crippen LogP contribution in [0.3, 0.4) is 0 Å². The van der Waals surface area contributed by atoms with Crippen molar-refractivity contribution in [1.29, 1.82) is 0 Å². The molecule has 1 aliphatic heterocycles. The normalized spacial score (nSPS) is 13.6. The summed E-state index contributed by atoms with van der Waals surface area (Å²) < 4.78 is 5.09. The number of piperidine rings is 1. The molecule has 0 N–H and O–H groups in total. The Bertz CT molecular complexity index is 1050. The summed E-state index contributed by atoms with van der Waals surface area (Å²) in [5.74, 6) is -2.46. The smallest absolute Gasteiger partial charge is 0.282 e. The maximum absolute atomic E-state index is 13.2. The molecule has 0 aliphatic carbocycles. The van der Waals surface area contributed by atoms with Crippen molar-refractivity contribution in [2.75, 3.05) is 13.7 Å². The molecule has 0 saturated carbocycles. The van der Waals surface area contributed by atoms with Gasteiger partial charge in [-0.1, -0.05) is 24.3 Å². The van der Waals surface area contributed by atoms with E-state index in [2.05, 4.69) is 0 Å². The van der Waals surface area contributed by atoms with Crippen LogP contribution in [0, 0.1) is 10.1 Å². The van der Waals surface area contributed by atoms with Crippen LogP contribution < -0.4 is 4.74 Å². The fourth-order valence-corrected chi connectivity index (χ4v) is 3.22. The van der Waals surface area contributed by atoms with Crippen LogP contribution in [0.1, 0.15) is 40.0 Å². The van der Waals surface area contributed by atoms with E-state index < -0.39 is 40.7 Å². The van der Waals surface area contributed by atoms with Crippen LogP contribution in [0.4, 0.5) is 5.69 Å². The second kappa shape index (κ2) is 9.16. The number of Topliss-reactive ketones (excluding diaryl/α,β-unsaturated/α-hetero) is 1. The monoisotopic (exact) mass is 425 g/mol. The number of para-hydroxylation sites is 1. The van der Waals surface area contributed by atoms with Gasteiger partial charge in [0.1, 0.15) is 17.9 Å². The van der Waals surface area contributed by atoms with Crippen LogP contribution in [0.5, 0.6) is 5.75 Å². The Labute approximate surface area is 177 Å². The third kappa shape index (κ3) is 4.58. The van der Waals surface area contributed by atoms with Gasteiger partial charge < -0.3 is 4.74 Å². The van der Waals surface area contributed by atoms with Gasteiger partial charge in [-0.25, -0.2) is 5.01 Å². The summed E-state index contributed by atoms with van der Waals surface area (Å²) in [5, 5.41) is 12.7. The SMILES string of the molecule is COc1cccc(C(=O)CN(C(=O)c2ccccc2[N+](=O)[O-])N2C(=O)CCCC2=O)c1. The quantitative estimate of drug-likeness (QED) is 0.288. The predicted molar refractivity (Wildman–Crippen MR) is 107 cm³/mol. The molecule has 1 aliphatic rings. The number of carbonyl (C=O) groups is 4. The van der Waals surface area contributed by atoms with Crippen LogP contribution in [-0.4, -0.2) is 52.1 Å². The number of rotatable bonds is 7. The van der Waals surface area contributed by atoms with Gasteiger partial charge in [-0.15, -0.1) is 0 Å². The van der Waals surface area contributed by atoms with Crippen molar-refractivity contribution in [2.24, 2.45) is 0 Å². The third-order valence-electron chi connectivity index (χ3n) is 4.75. The molecule has 1 fully saturated rings. The number of nitrogens with zero attached hydrogens (tertiary/aromatic N) is 3. The van der Waals surface area contributed by atoms with Crippen molar-refractivity contribution in [3.8, 4) is 5.75 Å². The summed E-state index contributed by atoms with van der Waals surface area (Å²) in [6, 6.07) is 11.3. The summed E-state index contributed by atoms with van der Waals surface area (Å²) in [7, 11) is 1.43. The highest BCUT2D eigenvalue weighted by Crippen LogP contribution is 2.24. The molecule has 0 atom stereocenters. The molecule has 3 amide bonds. The molecule has 160 valence electrons. The number of ketones is 1. The van der Waals surface area contributed by atoms with Gasteiger partial charge in [0, 0.05) is 24.5 Å². The zero-order chi connectivity index (χ0) is 22.5. The van der Waals surface area contributed by atoms with Crippen molar-refractivity contribution < 1.29 is 28.8 Å². The molecule has 0 radical (unpaired) electrons. The van der Waals surface area contributed by atoms with E-state index in [4.69, 9.17) is 4.74 Å². The van der Waals surface area contributed by atoms with Gasteiger partial charge in [0.25, 0.3) is 11.6 Å². The largest absolute Gasteiger partial charge is 0.497 e. The minimum absolute atomic E-state index is 0.0136. The standard InChI is InChI=1S/C21H19N3O7/c1-31-15-7-4-6-14(12-15)18(25)13-22(23-19(26)10-5-11-20(23)27)21(28)16-8-2-3-9-17(16)24(29)30/h2-4,6-9,12H,5,10-11,13H2,1H3. The Morgan fingerprint density at radius 3 is 2.42 bits per heavy atom. The lowest BCUT2D eigenvalue weighted by atomic mass is 10.1. The minimum Gasteiger partial charge on any atom is -0.497 e. The van der Waals surface area contributed by atoms with Gasteiger partial charge in [-0.3, -0.25) is 29.3 Å². The van der Waals surface area contributed by atoms with Crippen LogP contribution in [-0.2, 0) is 9.59 Å². The van der Waals surface area contributed by atoms with E-state index in [9.17, 15) is 29.3 Å². The highest BCUT2D eigenvalue weighted by molar-refractivity contribution is 6.07. The van der Waals surface area contributed by atoms with Crippen LogP contribution in [0.2, 0.25) is 0 Å². The molecular formula is C21H19N3O7. The molecule has 0 bridgehead atoms. The Morgan fingerprint density at radius 1 is 1.10 bits per heavy atom. The number of ether oxygens (including phenoxy) is 1. The van der Waals surface area contributed by atoms with Gasteiger partial charge in [0.2, 0.25) is 11.8 Å². The number of imide groups is 1. The fraction of sp³-hybridized carbons (Fsp3) is 0.238. The lowest BCUT2D eigenvalue weighted by molar-refractivity contribution is -0.385. The molecule has 2 aromatic rings. The summed E-state index contributed by atoms with van der Waals surface area (Å²) in [6.07, 6.45) is 0.352. The van der Waals surface area contributed by atoms with Crippen LogP contribution in [0.25, 0.3) is 0 Å². The van der Waals surface area contributed by atoms with Gasteiger partial charge in [-0.2, -0.15) is 5.01 Å². The molecule has 0 unspecified atom stereocenters. The first-order chi connectivity index (χ1) is 14.8. The maximum atomic E-state index is 13.2. The van der Waals surface area contributed by atoms with E-state index in [1.54, 1.807) is 12.1 Å². The van der Waals surface area contributed by atoms with E-state index in [0.717, 1.165) is 6.07 Å². The summed E-state index contributed by atoms with van der Waals surface area (Å²) in [6.45, 7) is -0.657. The topological polar surface area (TPSA) is 127 Å². The van der Waals surface area contributed by atoms with Gasteiger partial charge in [0.05, 0.1) is 12.0 Å². The third-order valence-corrected chi connectivity index (χ3v) is 4.75. The van der Waals surface area contributed by atoms with E-state index in [-0.39, 0.29) is 24.0 Å². The summed E-state index contributed by atoms with van der Waals surface area (Å²) >= 11 is 0. The number of methoxy groups -OCH3 is 1. The molecular weight excluding hydrogens is 406 g/mol. The number of hydrazine groups is 1. The van der Waals surface area contributed by atoms with Gasteiger partial charge >= 0.3 is 0 Å². The van der Waals surface area contributed by atoms with Crippen molar-refractivity contribution in [3.05, 3.63) is 69.8 Å². The highest BCUT2D eigenvalue weighted by atomic mass is 16.6. The molecule has 3 rings (SSSR count). The molecule has 0 spiro atoms. The molecule has 10 nitrogen and oxygen atoms in total. The summed E-state index contributed by atoms with van der Waals surface area (Å²) in [4.78, 5) is 61.7. The average Bonchev–Trinajstić information content (AvgIpc) is 2.77. The number of amides is 3. The first-order valence-electron chi connectivity index (χ1n) is 9.41. The average molecular weight is 425 g/mol. The van der Waals surface area contributed by atoms with E-state index in [1.165, 1.54) is 37.4 Å². The maximum Gasteiger partial charge on any atom is 0.282 e. The molecule has 2 aromatic carbocycles. The van der Waals surface area contributed by atoms with Crippen molar-refractivity contribution >= 4 is 29.2 Å². The van der Waals surface area contributed by atoms with Crippen LogP contribution >= 0.6 is 0 Å². The first kappa shape index (κ1) is 21.6. The lowest BCUT2D eigenvalue weighted by Crippen LogP contribution is -2.56. The summed E-state index contributed by atoms with van der Waals surface area (Å²) in [5.41, 5.74) is -0.642. The number of hydrogen-bond acceptors (Lipinski definition) is 7. The molecule has 1 heterocycles. The molecule has 10 heteroatoms. The second-order valence-electron chi connectivity index (χ2n) is 6.75. The second-order valence-corrected chi connectivity index (χ2v) is 6.75. The number of benzene rings is 2. The zero-order valence-corrected chi connectivity index (χ0v) is 16.6. The Balaban J connectivity index is 2.02. The van der Waals surface area contributed by atoms with E-state index in [1.807, 2.05) is 0 Å². The Hall–Kier alpha value is -4.08. The molecule has 31 heavy (non-hydrogen) atoms. The van der Waals surface area contributed by atoms with Gasteiger partial charge in [0.15, 0.2) is 5.78 Å². The van der Waals surface area contributed by atoms with E-state index in [0.29, 0.717) is 22.2 Å². The predicted octanol–water partition coefficient (Wildman–Crippen LogP) is 2.38. The molecule has 0 aromatic heterocycles. The number of carbonyl (C=O) groups excluding carboxylic acids is 4. The highest BCUT2D eigenvalue weighted by Gasteiger charge is 2.37. The van der Waals surface area contributed by atoms with E-state index >= 15 is 0 Å². The van der Waals surface area contributed by atoms with Gasteiger partial charge in [-0.05, 0) is 24.6 Å². The Kier molecular flexibility index (Phi) is 6.39. The molecule has 1 saturated heterocycles. The Morgan fingerprint density at radius 2 is 1.77 bits per heavy atom. The first-order valence-corrected chi connectivity index (χ1v) is 9.41. The van der Waals surface area contributed by atoms with Crippen molar-refractivity contribution in [2.45, 2.75) is 19.3 Å². The van der Waals surface area contributed by atoms with Crippen molar-refractivity contribution in [1.82, 2.24) is 10.0 Å². The number of nitro benzene ring substituents is 1.